The minimum atomic E-state index is -0.575. The maximum atomic E-state index is 12.6. The van der Waals surface area contributed by atoms with E-state index in [4.69, 9.17) is 9.26 Å². The van der Waals surface area contributed by atoms with Crippen LogP contribution in [0.3, 0.4) is 0 Å². The van der Waals surface area contributed by atoms with E-state index in [0.717, 1.165) is 43.4 Å². The summed E-state index contributed by atoms with van der Waals surface area (Å²) in [7, 11) is 1.62. The standard InChI is InChI=1S/C21H27N3O3/c1-15(2)19-22-20(27-24-19)21(12-5-4-6-13-21)23-18(25)11-10-16-8-7-9-17(14-16)26-3/h7-11,14-15H,4-6,12-13H2,1-3H3,(H,23,25). The molecular formula is C21H27N3O3. The molecule has 6 heteroatoms. The molecule has 1 amide bonds. The highest BCUT2D eigenvalue weighted by atomic mass is 16.5. The van der Waals surface area contributed by atoms with Crippen LogP contribution >= 0.6 is 0 Å². The first-order valence-electron chi connectivity index (χ1n) is 9.51. The number of nitrogens with one attached hydrogen (secondary N) is 1. The van der Waals surface area contributed by atoms with E-state index in [-0.39, 0.29) is 11.8 Å². The summed E-state index contributed by atoms with van der Waals surface area (Å²) < 4.78 is 10.8. The molecule has 1 heterocycles. The van der Waals surface area contributed by atoms with Crippen LogP contribution in [0.2, 0.25) is 0 Å². The van der Waals surface area contributed by atoms with E-state index < -0.39 is 5.54 Å². The maximum absolute atomic E-state index is 12.6. The van der Waals surface area contributed by atoms with E-state index in [9.17, 15) is 4.79 Å². The highest BCUT2D eigenvalue weighted by molar-refractivity contribution is 5.92. The molecule has 3 rings (SSSR count). The van der Waals surface area contributed by atoms with Gasteiger partial charge in [-0.2, -0.15) is 4.98 Å². The van der Waals surface area contributed by atoms with E-state index >= 15 is 0 Å². The van der Waals surface area contributed by atoms with Crippen molar-refractivity contribution in [1.29, 1.82) is 0 Å². The molecule has 0 aliphatic heterocycles. The fourth-order valence-electron chi connectivity index (χ4n) is 3.41. The second kappa shape index (κ2) is 8.37. The number of nitrogens with zero attached hydrogens (tertiary/aromatic N) is 2. The average molecular weight is 369 g/mol. The Balaban J connectivity index is 1.77. The Hall–Kier alpha value is -2.63. The summed E-state index contributed by atoms with van der Waals surface area (Å²) in [4.78, 5) is 17.2. The van der Waals surface area contributed by atoms with Gasteiger partial charge in [0.1, 0.15) is 11.3 Å². The van der Waals surface area contributed by atoms with Crippen LogP contribution in [0.4, 0.5) is 0 Å². The summed E-state index contributed by atoms with van der Waals surface area (Å²) in [6.45, 7) is 4.05. The Morgan fingerprint density at radius 3 is 2.74 bits per heavy atom. The smallest absolute Gasteiger partial charge is 0.252 e. The molecule has 0 saturated heterocycles. The van der Waals surface area contributed by atoms with Gasteiger partial charge in [0.2, 0.25) is 5.91 Å². The topological polar surface area (TPSA) is 77.2 Å². The second-order valence-electron chi connectivity index (χ2n) is 7.35. The highest BCUT2D eigenvalue weighted by Crippen LogP contribution is 2.36. The molecule has 1 aliphatic carbocycles. The number of ether oxygens (including phenoxy) is 1. The van der Waals surface area contributed by atoms with E-state index in [1.807, 2.05) is 38.1 Å². The van der Waals surface area contributed by atoms with Crippen LogP contribution in [-0.4, -0.2) is 23.2 Å². The number of methoxy groups -OCH3 is 1. The van der Waals surface area contributed by atoms with Crippen molar-refractivity contribution in [2.45, 2.75) is 57.4 Å². The minimum absolute atomic E-state index is 0.163. The molecule has 0 unspecified atom stereocenters. The lowest BCUT2D eigenvalue weighted by molar-refractivity contribution is -0.119. The van der Waals surface area contributed by atoms with Gasteiger partial charge in [-0.15, -0.1) is 0 Å². The van der Waals surface area contributed by atoms with Crippen molar-refractivity contribution in [3.05, 3.63) is 47.6 Å². The summed E-state index contributed by atoms with van der Waals surface area (Å²) in [6, 6.07) is 7.57. The quantitative estimate of drug-likeness (QED) is 0.773. The molecule has 0 atom stereocenters. The summed E-state index contributed by atoms with van der Waals surface area (Å²) in [5.74, 6) is 1.98. The van der Waals surface area contributed by atoms with Gasteiger partial charge in [-0.05, 0) is 36.6 Å². The third-order valence-electron chi connectivity index (χ3n) is 4.96. The van der Waals surface area contributed by atoms with Crippen molar-refractivity contribution < 1.29 is 14.1 Å². The Bertz CT molecular complexity index is 805. The lowest BCUT2D eigenvalue weighted by atomic mass is 9.81. The van der Waals surface area contributed by atoms with Gasteiger partial charge in [0.15, 0.2) is 5.82 Å². The molecule has 0 bridgehead atoms. The van der Waals surface area contributed by atoms with Crippen LogP contribution in [0.15, 0.2) is 34.9 Å². The molecule has 6 nitrogen and oxygen atoms in total. The Kier molecular flexibility index (Phi) is 5.94. The largest absolute Gasteiger partial charge is 0.497 e. The molecule has 1 aromatic heterocycles. The third-order valence-corrected chi connectivity index (χ3v) is 4.96. The molecule has 27 heavy (non-hydrogen) atoms. The molecule has 1 fully saturated rings. The zero-order chi connectivity index (χ0) is 19.3. The van der Waals surface area contributed by atoms with Gasteiger partial charge < -0.3 is 14.6 Å². The van der Waals surface area contributed by atoms with Crippen molar-refractivity contribution in [2.24, 2.45) is 0 Å². The van der Waals surface area contributed by atoms with E-state index in [1.54, 1.807) is 19.3 Å². The monoisotopic (exact) mass is 369 g/mol. The fraction of sp³-hybridized carbons (Fsp3) is 0.476. The van der Waals surface area contributed by atoms with Crippen LogP contribution in [0.25, 0.3) is 6.08 Å². The molecular weight excluding hydrogens is 342 g/mol. The van der Waals surface area contributed by atoms with Gasteiger partial charge in [-0.1, -0.05) is 50.4 Å². The fourth-order valence-corrected chi connectivity index (χ4v) is 3.41. The van der Waals surface area contributed by atoms with Crippen molar-refractivity contribution in [3.63, 3.8) is 0 Å². The molecule has 1 N–H and O–H groups in total. The minimum Gasteiger partial charge on any atom is -0.497 e. The normalized spacial score (nSPS) is 16.6. The van der Waals surface area contributed by atoms with E-state index in [0.29, 0.717) is 11.7 Å². The Labute approximate surface area is 160 Å². The van der Waals surface area contributed by atoms with Gasteiger partial charge in [-0.3, -0.25) is 4.79 Å². The first-order chi connectivity index (χ1) is 13.0. The lowest BCUT2D eigenvalue weighted by Gasteiger charge is -2.34. The van der Waals surface area contributed by atoms with Crippen molar-refractivity contribution in [3.8, 4) is 5.75 Å². The van der Waals surface area contributed by atoms with Crippen LogP contribution in [0.1, 0.15) is 69.1 Å². The first kappa shape index (κ1) is 19.1. The number of hydrogen-bond acceptors (Lipinski definition) is 5. The van der Waals surface area contributed by atoms with Crippen molar-refractivity contribution >= 4 is 12.0 Å². The number of carbonyl (C=O) groups is 1. The second-order valence-corrected chi connectivity index (χ2v) is 7.35. The van der Waals surface area contributed by atoms with Gasteiger partial charge in [0.25, 0.3) is 5.89 Å². The van der Waals surface area contributed by atoms with Crippen molar-refractivity contribution in [1.82, 2.24) is 15.5 Å². The van der Waals surface area contributed by atoms with E-state index in [1.165, 1.54) is 0 Å². The van der Waals surface area contributed by atoms with Gasteiger partial charge in [-0.25, -0.2) is 0 Å². The summed E-state index contributed by atoms with van der Waals surface area (Å²) in [5.41, 5.74) is 0.329. The predicted molar refractivity (Wildman–Crippen MR) is 103 cm³/mol. The Morgan fingerprint density at radius 1 is 1.30 bits per heavy atom. The number of amides is 1. The number of carbonyl (C=O) groups excluding carboxylic acids is 1. The number of aromatic nitrogens is 2. The Morgan fingerprint density at radius 2 is 2.07 bits per heavy atom. The predicted octanol–water partition coefficient (Wildman–Crippen LogP) is 4.19. The van der Waals surface area contributed by atoms with Gasteiger partial charge >= 0.3 is 0 Å². The molecule has 1 saturated carbocycles. The molecule has 1 aromatic carbocycles. The van der Waals surface area contributed by atoms with Crippen LogP contribution in [-0.2, 0) is 10.3 Å². The lowest BCUT2D eigenvalue weighted by Crippen LogP contribution is -2.47. The molecule has 144 valence electrons. The average Bonchev–Trinajstić information content (AvgIpc) is 3.19. The molecule has 0 spiro atoms. The van der Waals surface area contributed by atoms with Crippen molar-refractivity contribution in [2.75, 3.05) is 7.11 Å². The maximum Gasteiger partial charge on any atom is 0.252 e. The summed E-state index contributed by atoms with van der Waals surface area (Å²) >= 11 is 0. The number of hydrogen-bond donors (Lipinski definition) is 1. The van der Waals surface area contributed by atoms with E-state index in [2.05, 4.69) is 15.5 Å². The van der Waals surface area contributed by atoms with Crippen LogP contribution in [0.5, 0.6) is 5.75 Å². The molecule has 2 aromatic rings. The zero-order valence-electron chi connectivity index (χ0n) is 16.2. The van der Waals surface area contributed by atoms with Gasteiger partial charge in [0, 0.05) is 12.0 Å². The highest BCUT2D eigenvalue weighted by Gasteiger charge is 2.40. The first-order valence-corrected chi connectivity index (χ1v) is 9.51. The van der Waals surface area contributed by atoms with Crippen LogP contribution < -0.4 is 10.1 Å². The molecule has 1 aliphatic rings. The number of benzene rings is 1. The van der Waals surface area contributed by atoms with Crippen LogP contribution in [0, 0.1) is 0 Å². The number of rotatable bonds is 6. The summed E-state index contributed by atoms with van der Waals surface area (Å²) in [5, 5.41) is 7.23. The SMILES string of the molecule is COc1cccc(C=CC(=O)NC2(c3nc(C(C)C)no3)CCCCC2)c1. The van der Waals surface area contributed by atoms with Gasteiger partial charge in [0.05, 0.1) is 7.11 Å². The third kappa shape index (κ3) is 4.56. The zero-order valence-corrected chi connectivity index (χ0v) is 16.2. The molecule has 0 radical (unpaired) electrons. The summed E-state index contributed by atoms with van der Waals surface area (Å²) in [6.07, 6.45) is 8.16.